The van der Waals surface area contributed by atoms with Gasteiger partial charge in [0.2, 0.25) is 15.9 Å². The molecule has 140 valence electrons. The van der Waals surface area contributed by atoms with E-state index in [2.05, 4.69) is 10.0 Å². The highest BCUT2D eigenvalue weighted by Gasteiger charge is 2.21. The molecule has 1 amide bonds. The van der Waals surface area contributed by atoms with Crippen molar-refractivity contribution in [1.82, 2.24) is 10.0 Å². The lowest BCUT2D eigenvalue weighted by atomic mass is 10.1. The van der Waals surface area contributed by atoms with Crippen LogP contribution in [-0.4, -0.2) is 27.4 Å². The fourth-order valence-electron chi connectivity index (χ4n) is 2.71. The number of nitrogens with two attached hydrogens (primary N) is 1. The molecule has 1 unspecified atom stereocenters. The minimum Gasteiger partial charge on any atom is -0.348 e. The summed E-state index contributed by atoms with van der Waals surface area (Å²) in [6.45, 7) is 3.96. The smallest absolute Gasteiger partial charge is 0.240 e. The SMILES string of the molecule is Cc1ccc(S(=O)(=O)NCC(NC(=O)CCN)c2ccccc2)c(C)c1. The van der Waals surface area contributed by atoms with Crippen molar-refractivity contribution < 1.29 is 13.2 Å². The van der Waals surface area contributed by atoms with Crippen LogP contribution in [0, 0.1) is 13.8 Å². The molecule has 0 saturated carbocycles. The zero-order chi connectivity index (χ0) is 19.2. The maximum absolute atomic E-state index is 12.7. The molecular weight excluding hydrogens is 350 g/mol. The summed E-state index contributed by atoms with van der Waals surface area (Å²) in [5.41, 5.74) is 7.92. The van der Waals surface area contributed by atoms with E-state index in [0.717, 1.165) is 11.1 Å². The Bertz CT molecular complexity index is 852. The molecular formula is C19H25N3O3S. The first-order valence-electron chi connectivity index (χ1n) is 8.45. The predicted molar refractivity (Wildman–Crippen MR) is 102 cm³/mol. The van der Waals surface area contributed by atoms with Crippen LogP contribution in [0.4, 0.5) is 0 Å². The molecule has 0 aliphatic heterocycles. The van der Waals surface area contributed by atoms with Gasteiger partial charge >= 0.3 is 0 Å². The summed E-state index contributed by atoms with van der Waals surface area (Å²) in [6.07, 6.45) is 0.188. The predicted octanol–water partition coefficient (Wildman–Crippen LogP) is 1.79. The van der Waals surface area contributed by atoms with Gasteiger partial charge in [0.05, 0.1) is 10.9 Å². The van der Waals surface area contributed by atoms with E-state index in [1.807, 2.05) is 43.3 Å². The molecule has 0 aliphatic rings. The molecule has 0 aromatic heterocycles. The summed E-state index contributed by atoms with van der Waals surface area (Å²) in [5, 5.41) is 2.84. The van der Waals surface area contributed by atoms with Crippen molar-refractivity contribution in [1.29, 1.82) is 0 Å². The number of sulfonamides is 1. The third-order valence-corrected chi connectivity index (χ3v) is 5.59. The number of hydrogen-bond acceptors (Lipinski definition) is 4. The Labute approximate surface area is 154 Å². The largest absolute Gasteiger partial charge is 0.348 e. The summed E-state index contributed by atoms with van der Waals surface area (Å²) in [6, 6.07) is 13.9. The normalized spacial score (nSPS) is 12.6. The van der Waals surface area contributed by atoms with Gasteiger partial charge in [0, 0.05) is 19.5 Å². The molecule has 26 heavy (non-hydrogen) atoms. The van der Waals surface area contributed by atoms with E-state index in [4.69, 9.17) is 5.73 Å². The Morgan fingerprint density at radius 1 is 1.12 bits per heavy atom. The van der Waals surface area contributed by atoms with Crippen molar-refractivity contribution in [3.63, 3.8) is 0 Å². The zero-order valence-corrected chi connectivity index (χ0v) is 15.8. The number of nitrogens with one attached hydrogen (secondary N) is 2. The molecule has 0 radical (unpaired) electrons. The van der Waals surface area contributed by atoms with Crippen LogP contribution in [0.5, 0.6) is 0 Å². The van der Waals surface area contributed by atoms with Crippen LogP contribution in [0.3, 0.4) is 0 Å². The minimum absolute atomic E-state index is 0.0516. The first-order chi connectivity index (χ1) is 12.3. The number of hydrogen-bond donors (Lipinski definition) is 3. The van der Waals surface area contributed by atoms with Gasteiger partial charge in [-0.25, -0.2) is 13.1 Å². The first-order valence-corrected chi connectivity index (χ1v) is 9.93. The number of carbonyl (C=O) groups excluding carboxylic acids is 1. The summed E-state index contributed by atoms with van der Waals surface area (Å²) in [4.78, 5) is 12.2. The van der Waals surface area contributed by atoms with Crippen LogP contribution in [0.1, 0.15) is 29.2 Å². The maximum Gasteiger partial charge on any atom is 0.240 e. The molecule has 0 bridgehead atoms. The van der Waals surface area contributed by atoms with Crippen molar-refractivity contribution in [2.45, 2.75) is 31.2 Å². The molecule has 0 aliphatic carbocycles. The monoisotopic (exact) mass is 375 g/mol. The van der Waals surface area contributed by atoms with Crippen molar-refractivity contribution in [3.05, 3.63) is 65.2 Å². The average Bonchev–Trinajstić information content (AvgIpc) is 2.59. The standard InChI is InChI=1S/C19H25N3O3S/c1-14-8-9-18(15(2)12-14)26(24,25)21-13-17(22-19(23)10-11-20)16-6-4-3-5-7-16/h3-9,12,17,21H,10-11,13,20H2,1-2H3,(H,22,23). The molecule has 1 atom stereocenters. The second kappa shape index (κ2) is 8.93. The summed E-state index contributed by atoms with van der Waals surface area (Å²) in [7, 11) is -3.68. The molecule has 2 aromatic carbocycles. The van der Waals surface area contributed by atoms with Gasteiger partial charge in [-0.2, -0.15) is 0 Å². The van der Waals surface area contributed by atoms with Gasteiger partial charge in [-0.05, 0) is 31.0 Å². The van der Waals surface area contributed by atoms with Gasteiger partial charge in [-0.3, -0.25) is 4.79 Å². The Kier molecular flexibility index (Phi) is 6.90. The second-order valence-corrected chi connectivity index (χ2v) is 7.93. The maximum atomic E-state index is 12.7. The number of aryl methyl sites for hydroxylation is 2. The van der Waals surface area contributed by atoms with E-state index in [9.17, 15) is 13.2 Å². The fraction of sp³-hybridized carbons (Fsp3) is 0.316. The van der Waals surface area contributed by atoms with E-state index in [1.54, 1.807) is 19.1 Å². The lowest BCUT2D eigenvalue weighted by Crippen LogP contribution is -2.38. The van der Waals surface area contributed by atoms with E-state index < -0.39 is 16.1 Å². The summed E-state index contributed by atoms with van der Waals surface area (Å²) in [5.74, 6) is -0.216. The molecule has 2 aromatic rings. The van der Waals surface area contributed by atoms with Crippen molar-refractivity contribution in [2.24, 2.45) is 5.73 Å². The quantitative estimate of drug-likeness (QED) is 0.655. The molecule has 0 saturated heterocycles. The van der Waals surface area contributed by atoms with Gasteiger partial charge in [-0.15, -0.1) is 0 Å². The van der Waals surface area contributed by atoms with Crippen molar-refractivity contribution in [3.8, 4) is 0 Å². The van der Waals surface area contributed by atoms with Crippen LogP contribution < -0.4 is 15.8 Å². The number of carbonyl (C=O) groups is 1. The molecule has 0 fully saturated rings. The Balaban J connectivity index is 2.18. The molecule has 0 spiro atoms. The number of rotatable bonds is 8. The topological polar surface area (TPSA) is 101 Å². The highest BCUT2D eigenvalue weighted by atomic mass is 32.2. The zero-order valence-electron chi connectivity index (χ0n) is 15.0. The van der Waals surface area contributed by atoms with Crippen LogP contribution >= 0.6 is 0 Å². The Morgan fingerprint density at radius 3 is 2.42 bits per heavy atom. The lowest BCUT2D eigenvalue weighted by molar-refractivity contribution is -0.121. The van der Waals surface area contributed by atoms with E-state index in [-0.39, 0.29) is 30.3 Å². The first kappa shape index (κ1) is 20.1. The van der Waals surface area contributed by atoms with Crippen LogP contribution in [0.25, 0.3) is 0 Å². The average molecular weight is 375 g/mol. The van der Waals surface area contributed by atoms with Crippen molar-refractivity contribution >= 4 is 15.9 Å². The lowest BCUT2D eigenvalue weighted by Gasteiger charge is -2.20. The molecule has 0 heterocycles. The molecule has 6 nitrogen and oxygen atoms in total. The molecule has 2 rings (SSSR count). The Morgan fingerprint density at radius 2 is 1.81 bits per heavy atom. The summed E-state index contributed by atoms with van der Waals surface area (Å²) < 4.78 is 27.9. The van der Waals surface area contributed by atoms with Gasteiger partial charge in [0.25, 0.3) is 0 Å². The summed E-state index contributed by atoms with van der Waals surface area (Å²) >= 11 is 0. The highest BCUT2D eigenvalue weighted by molar-refractivity contribution is 7.89. The minimum atomic E-state index is -3.68. The molecule has 4 N–H and O–H groups in total. The van der Waals surface area contributed by atoms with E-state index >= 15 is 0 Å². The van der Waals surface area contributed by atoms with E-state index in [1.165, 1.54) is 0 Å². The van der Waals surface area contributed by atoms with Gasteiger partial charge in [0.15, 0.2) is 0 Å². The Hall–Kier alpha value is -2.22. The fourth-order valence-corrected chi connectivity index (χ4v) is 3.98. The van der Waals surface area contributed by atoms with Crippen LogP contribution in [0.2, 0.25) is 0 Å². The van der Waals surface area contributed by atoms with Crippen molar-refractivity contribution in [2.75, 3.05) is 13.1 Å². The second-order valence-electron chi connectivity index (χ2n) is 6.19. The van der Waals surface area contributed by atoms with Gasteiger partial charge in [-0.1, -0.05) is 48.0 Å². The highest BCUT2D eigenvalue weighted by Crippen LogP contribution is 2.18. The number of benzene rings is 2. The van der Waals surface area contributed by atoms with E-state index in [0.29, 0.717) is 5.56 Å². The number of amides is 1. The van der Waals surface area contributed by atoms with Gasteiger partial charge < -0.3 is 11.1 Å². The molecule has 7 heteroatoms. The van der Waals surface area contributed by atoms with Gasteiger partial charge in [0.1, 0.15) is 0 Å². The third kappa shape index (κ3) is 5.39. The van der Waals surface area contributed by atoms with Crippen LogP contribution in [0.15, 0.2) is 53.4 Å². The van der Waals surface area contributed by atoms with Crippen LogP contribution in [-0.2, 0) is 14.8 Å². The third-order valence-electron chi connectivity index (χ3n) is 4.01.